The molecule has 21 heavy (non-hydrogen) atoms. The lowest BCUT2D eigenvalue weighted by molar-refractivity contribution is 0.0526. The first kappa shape index (κ1) is 15.5. The van der Waals surface area contributed by atoms with Gasteiger partial charge in [0, 0.05) is 14.1 Å². The van der Waals surface area contributed by atoms with Crippen LogP contribution in [-0.4, -0.2) is 36.9 Å². The lowest BCUT2D eigenvalue weighted by Crippen LogP contribution is -2.10. The first-order valence-electron chi connectivity index (χ1n) is 6.32. The SMILES string of the molecule is CCOC(=O)c1c(C)oc2c(N(C)C)c(Br)c(O)c(O)c12. The summed E-state index contributed by atoms with van der Waals surface area (Å²) in [5, 5.41) is 20.4. The zero-order chi connectivity index (χ0) is 15.9. The fourth-order valence-corrected chi connectivity index (χ4v) is 2.94. The van der Waals surface area contributed by atoms with Gasteiger partial charge in [-0.1, -0.05) is 0 Å². The van der Waals surface area contributed by atoms with Crippen molar-refractivity contribution in [1.82, 2.24) is 0 Å². The first-order valence-corrected chi connectivity index (χ1v) is 7.11. The molecule has 0 bridgehead atoms. The molecule has 0 aliphatic rings. The summed E-state index contributed by atoms with van der Waals surface area (Å²) in [4.78, 5) is 13.8. The van der Waals surface area contributed by atoms with Crippen LogP contribution in [0.1, 0.15) is 23.0 Å². The van der Waals surface area contributed by atoms with Crippen LogP contribution in [0.5, 0.6) is 11.5 Å². The summed E-state index contributed by atoms with van der Waals surface area (Å²) in [6, 6.07) is 0. The maximum atomic E-state index is 12.1. The van der Waals surface area contributed by atoms with E-state index in [1.807, 2.05) is 0 Å². The Morgan fingerprint density at radius 1 is 1.33 bits per heavy atom. The van der Waals surface area contributed by atoms with Crippen LogP contribution < -0.4 is 4.90 Å². The van der Waals surface area contributed by atoms with Gasteiger partial charge in [-0.15, -0.1) is 0 Å². The third-order valence-corrected chi connectivity index (χ3v) is 3.85. The van der Waals surface area contributed by atoms with E-state index < -0.39 is 11.7 Å². The Bertz CT molecular complexity index is 720. The molecule has 0 atom stereocenters. The molecule has 2 aromatic rings. The van der Waals surface area contributed by atoms with Gasteiger partial charge < -0.3 is 24.3 Å². The number of carbonyl (C=O) groups excluding carboxylic acids is 1. The van der Waals surface area contributed by atoms with E-state index in [1.165, 1.54) is 0 Å². The highest BCUT2D eigenvalue weighted by molar-refractivity contribution is 9.10. The topological polar surface area (TPSA) is 83.1 Å². The number of benzene rings is 1. The van der Waals surface area contributed by atoms with Gasteiger partial charge in [-0.3, -0.25) is 0 Å². The third kappa shape index (κ3) is 2.31. The van der Waals surface area contributed by atoms with E-state index >= 15 is 0 Å². The van der Waals surface area contributed by atoms with E-state index in [9.17, 15) is 15.0 Å². The quantitative estimate of drug-likeness (QED) is 0.648. The summed E-state index contributed by atoms with van der Waals surface area (Å²) in [7, 11) is 3.52. The number of hydrogen-bond acceptors (Lipinski definition) is 6. The van der Waals surface area contributed by atoms with Crippen LogP contribution in [0.2, 0.25) is 0 Å². The summed E-state index contributed by atoms with van der Waals surface area (Å²) in [5.41, 5.74) is 0.955. The number of furan rings is 1. The van der Waals surface area contributed by atoms with Crippen molar-refractivity contribution in [2.75, 3.05) is 25.6 Å². The Morgan fingerprint density at radius 3 is 2.48 bits per heavy atom. The lowest BCUT2D eigenvalue weighted by Gasteiger charge is -2.16. The second-order valence-electron chi connectivity index (χ2n) is 4.71. The summed E-state index contributed by atoms with van der Waals surface area (Å²) in [6.45, 7) is 3.50. The Labute approximate surface area is 130 Å². The fourth-order valence-electron chi connectivity index (χ4n) is 2.22. The van der Waals surface area contributed by atoms with Crippen molar-refractivity contribution in [3.05, 3.63) is 15.8 Å². The minimum absolute atomic E-state index is 0.121. The number of phenolic OH excluding ortho intramolecular Hbond substituents is 2. The number of aromatic hydroxyl groups is 2. The van der Waals surface area contributed by atoms with Crippen LogP contribution in [0.15, 0.2) is 8.89 Å². The predicted molar refractivity (Wildman–Crippen MR) is 82.3 cm³/mol. The average Bonchev–Trinajstić information content (AvgIpc) is 2.73. The molecule has 2 rings (SSSR count). The second-order valence-corrected chi connectivity index (χ2v) is 5.51. The van der Waals surface area contributed by atoms with Gasteiger partial charge in [0.05, 0.1) is 22.2 Å². The Morgan fingerprint density at radius 2 is 1.95 bits per heavy atom. The Balaban J connectivity index is 2.92. The molecule has 0 fully saturated rings. The number of phenols is 2. The van der Waals surface area contributed by atoms with E-state index in [0.717, 1.165) is 0 Å². The molecule has 1 heterocycles. The predicted octanol–water partition coefficient (Wildman–Crippen LogP) is 3.16. The number of esters is 1. The number of aryl methyl sites for hydroxylation is 1. The molecule has 0 unspecified atom stereocenters. The molecule has 1 aromatic heterocycles. The van der Waals surface area contributed by atoms with Crippen LogP contribution in [0.4, 0.5) is 5.69 Å². The molecular weight excluding hydrogens is 342 g/mol. The van der Waals surface area contributed by atoms with Gasteiger partial charge in [-0.25, -0.2) is 4.79 Å². The van der Waals surface area contributed by atoms with Crippen LogP contribution in [0.3, 0.4) is 0 Å². The normalized spacial score (nSPS) is 10.9. The van der Waals surface area contributed by atoms with Crippen LogP contribution in [0, 0.1) is 6.92 Å². The summed E-state index contributed by atoms with van der Waals surface area (Å²) in [6.07, 6.45) is 0. The van der Waals surface area contributed by atoms with Crippen molar-refractivity contribution in [1.29, 1.82) is 0 Å². The highest BCUT2D eigenvalue weighted by Gasteiger charge is 2.29. The molecule has 1 aromatic carbocycles. The zero-order valence-electron chi connectivity index (χ0n) is 12.2. The van der Waals surface area contributed by atoms with Crippen molar-refractivity contribution < 1.29 is 24.2 Å². The standard InChI is InChI=1S/C14H16BrNO5/c1-5-20-14(19)7-6(2)21-13-8(7)11(17)12(18)9(15)10(13)16(3)4/h17-18H,5H2,1-4H3. The van der Waals surface area contributed by atoms with Gasteiger partial charge in [0.15, 0.2) is 17.1 Å². The van der Waals surface area contributed by atoms with Crippen molar-refractivity contribution in [2.24, 2.45) is 0 Å². The van der Waals surface area contributed by atoms with Gasteiger partial charge in [-0.2, -0.15) is 0 Å². The Hall–Kier alpha value is -1.89. The third-order valence-electron chi connectivity index (χ3n) is 3.10. The summed E-state index contributed by atoms with van der Waals surface area (Å²) >= 11 is 3.23. The number of nitrogens with zero attached hydrogens (tertiary/aromatic N) is 1. The number of hydrogen-bond donors (Lipinski definition) is 2. The molecule has 0 spiro atoms. The van der Waals surface area contributed by atoms with Crippen molar-refractivity contribution in [3.8, 4) is 11.5 Å². The lowest BCUT2D eigenvalue weighted by atomic mass is 10.1. The van der Waals surface area contributed by atoms with Crippen molar-refractivity contribution >= 4 is 38.6 Å². The first-order chi connectivity index (χ1) is 9.81. The van der Waals surface area contributed by atoms with E-state index in [0.29, 0.717) is 21.5 Å². The number of halogens is 1. The molecular formula is C14H16BrNO5. The molecule has 7 heteroatoms. The molecule has 0 aliphatic heterocycles. The molecule has 0 radical (unpaired) electrons. The number of fused-ring (bicyclic) bond motifs is 1. The van der Waals surface area contributed by atoms with Gasteiger partial charge in [0.1, 0.15) is 11.3 Å². The maximum Gasteiger partial charge on any atom is 0.342 e. The monoisotopic (exact) mass is 357 g/mol. The molecule has 0 saturated carbocycles. The van der Waals surface area contributed by atoms with E-state index in [-0.39, 0.29) is 23.3 Å². The number of ether oxygens (including phenoxy) is 1. The molecule has 114 valence electrons. The van der Waals surface area contributed by atoms with Crippen molar-refractivity contribution in [3.63, 3.8) is 0 Å². The number of carbonyl (C=O) groups is 1. The maximum absolute atomic E-state index is 12.1. The van der Waals surface area contributed by atoms with Gasteiger partial charge in [-0.05, 0) is 29.8 Å². The molecule has 0 aliphatic carbocycles. The van der Waals surface area contributed by atoms with E-state index in [4.69, 9.17) is 9.15 Å². The van der Waals surface area contributed by atoms with E-state index in [1.54, 1.807) is 32.8 Å². The number of anilines is 1. The Kier molecular flexibility index (Phi) is 4.04. The second kappa shape index (κ2) is 5.48. The zero-order valence-corrected chi connectivity index (χ0v) is 13.7. The summed E-state index contributed by atoms with van der Waals surface area (Å²) in [5.74, 6) is -1.05. The largest absolute Gasteiger partial charge is 0.504 e. The number of rotatable bonds is 3. The molecule has 0 saturated heterocycles. The van der Waals surface area contributed by atoms with Gasteiger partial charge >= 0.3 is 5.97 Å². The van der Waals surface area contributed by atoms with Crippen LogP contribution >= 0.6 is 15.9 Å². The minimum Gasteiger partial charge on any atom is -0.504 e. The minimum atomic E-state index is -0.601. The molecule has 2 N–H and O–H groups in total. The van der Waals surface area contributed by atoms with E-state index in [2.05, 4.69) is 15.9 Å². The van der Waals surface area contributed by atoms with Crippen LogP contribution in [0.25, 0.3) is 11.0 Å². The molecule has 0 amide bonds. The fraction of sp³-hybridized carbons (Fsp3) is 0.357. The van der Waals surface area contributed by atoms with Gasteiger partial charge in [0.2, 0.25) is 0 Å². The summed E-state index contributed by atoms with van der Waals surface area (Å²) < 4.78 is 10.9. The highest BCUT2D eigenvalue weighted by Crippen LogP contribution is 2.50. The van der Waals surface area contributed by atoms with Gasteiger partial charge in [0.25, 0.3) is 0 Å². The van der Waals surface area contributed by atoms with Crippen molar-refractivity contribution in [2.45, 2.75) is 13.8 Å². The smallest absolute Gasteiger partial charge is 0.342 e. The average molecular weight is 358 g/mol. The van der Waals surface area contributed by atoms with Crippen LogP contribution in [-0.2, 0) is 4.74 Å². The molecule has 6 nitrogen and oxygen atoms in total. The highest BCUT2D eigenvalue weighted by atomic mass is 79.9.